The van der Waals surface area contributed by atoms with E-state index in [1.165, 1.54) is 0 Å². The lowest BCUT2D eigenvalue weighted by atomic mass is 10.1. The summed E-state index contributed by atoms with van der Waals surface area (Å²) in [7, 11) is 0. The second-order valence-electron chi connectivity index (χ2n) is 5.16. The molecule has 0 bridgehead atoms. The summed E-state index contributed by atoms with van der Waals surface area (Å²) in [5.41, 5.74) is 4.19. The molecule has 0 radical (unpaired) electrons. The van der Waals surface area contributed by atoms with Gasteiger partial charge in [-0.15, -0.1) is 0 Å². The van der Waals surface area contributed by atoms with Crippen LogP contribution in [0.4, 0.5) is 0 Å². The molecular formula is C15H14N4. The molecule has 0 atom stereocenters. The maximum atomic E-state index is 4.67. The van der Waals surface area contributed by atoms with Crippen molar-refractivity contribution in [2.75, 3.05) is 0 Å². The van der Waals surface area contributed by atoms with E-state index in [1.807, 2.05) is 22.7 Å². The first-order valence-corrected chi connectivity index (χ1v) is 6.49. The quantitative estimate of drug-likeness (QED) is 0.562. The van der Waals surface area contributed by atoms with Gasteiger partial charge in [0.2, 0.25) is 5.78 Å². The molecule has 0 saturated heterocycles. The van der Waals surface area contributed by atoms with Crippen LogP contribution in [-0.4, -0.2) is 19.4 Å². The molecule has 0 aliphatic carbocycles. The zero-order valence-electron chi connectivity index (χ0n) is 10.9. The predicted octanol–water partition coefficient (Wildman–Crippen LogP) is 3.49. The number of hydrogen-bond acceptors (Lipinski definition) is 2. The van der Waals surface area contributed by atoms with Gasteiger partial charge in [-0.05, 0) is 18.1 Å². The molecule has 0 spiro atoms. The second-order valence-corrected chi connectivity index (χ2v) is 5.16. The maximum absolute atomic E-state index is 4.67. The van der Waals surface area contributed by atoms with Crippen LogP contribution in [0.15, 0.2) is 36.5 Å². The third kappa shape index (κ3) is 1.40. The Morgan fingerprint density at radius 1 is 1.11 bits per heavy atom. The monoisotopic (exact) mass is 250 g/mol. The van der Waals surface area contributed by atoms with Crippen molar-refractivity contribution in [3.05, 3.63) is 42.2 Å². The highest BCUT2D eigenvalue weighted by molar-refractivity contribution is 6.04. The number of nitrogens with one attached hydrogen (secondary N) is 1. The lowest BCUT2D eigenvalue weighted by molar-refractivity contribution is 0.817. The van der Waals surface area contributed by atoms with E-state index in [9.17, 15) is 0 Å². The zero-order valence-corrected chi connectivity index (χ0v) is 10.9. The van der Waals surface area contributed by atoms with E-state index in [-0.39, 0.29) is 0 Å². The van der Waals surface area contributed by atoms with Crippen LogP contribution < -0.4 is 0 Å². The highest BCUT2D eigenvalue weighted by Crippen LogP contribution is 2.25. The highest BCUT2D eigenvalue weighted by Gasteiger charge is 2.12. The average Bonchev–Trinajstić information content (AvgIpc) is 2.93. The van der Waals surface area contributed by atoms with Crippen LogP contribution in [-0.2, 0) is 0 Å². The van der Waals surface area contributed by atoms with Crippen molar-refractivity contribution < 1.29 is 0 Å². The van der Waals surface area contributed by atoms with E-state index in [2.05, 4.69) is 47.0 Å². The number of aromatic amines is 1. The fourth-order valence-corrected chi connectivity index (χ4v) is 2.50. The Morgan fingerprint density at radius 2 is 1.95 bits per heavy atom. The third-order valence-electron chi connectivity index (χ3n) is 3.54. The molecule has 3 heterocycles. The Morgan fingerprint density at radius 3 is 2.79 bits per heavy atom. The lowest BCUT2D eigenvalue weighted by Crippen LogP contribution is -1.96. The summed E-state index contributed by atoms with van der Waals surface area (Å²) >= 11 is 0. The van der Waals surface area contributed by atoms with Crippen molar-refractivity contribution in [1.29, 1.82) is 0 Å². The van der Waals surface area contributed by atoms with E-state index in [1.54, 1.807) is 0 Å². The van der Waals surface area contributed by atoms with E-state index >= 15 is 0 Å². The van der Waals surface area contributed by atoms with Crippen molar-refractivity contribution in [2.45, 2.75) is 19.8 Å². The summed E-state index contributed by atoms with van der Waals surface area (Å²) in [5, 5.41) is 1.15. The van der Waals surface area contributed by atoms with Gasteiger partial charge in [0.25, 0.3) is 0 Å². The molecule has 1 aromatic carbocycles. The average molecular weight is 250 g/mol. The number of rotatable bonds is 1. The molecule has 3 aromatic heterocycles. The minimum absolute atomic E-state index is 0.414. The topological polar surface area (TPSA) is 46.0 Å². The molecule has 4 rings (SSSR count). The molecule has 4 heteroatoms. The number of para-hydroxylation sites is 1. The van der Waals surface area contributed by atoms with Gasteiger partial charge in [-0.25, -0.2) is 9.97 Å². The second kappa shape index (κ2) is 3.57. The minimum Gasteiger partial charge on any atom is -0.339 e. The van der Waals surface area contributed by atoms with Gasteiger partial charge < -0.3 is 4.98 Å². The molecule has 0 fully saturated rings. The molecule has 4 nitrogen and oxygen atoms in total. The number of hydrogen-bond donors (Lipinski definition) is 1. The fraction of sp³-hybridized carbons (Fsp3) is 0.200. The van der Waals surface area contributed by atoms with Crippen LogP contribution in [0.1, 0.15) is 25.5 Å². The predicted molar refractivity (Wildman–Crippen MR) is 76.4 cm³/mol. The number of benzene rings is 1. The number of H-pyrrole nitrogens is 1. The summed E-state index contributed by atoms with van der Waals surface area (Å²) < 4.78 is 2.02. The molecule has 0 unspecified atom stereocenters. The SMILES string of the molecule is CC(C)c1ccn2c(n1)nc1c3ccccc3[nH]c12. The molecule has 1 N–H and O–H groups in total. The molecule has 0 saturated carbocycles. The molecular weight excluding hydrogens is 236 g/mol. The van der Waals surface area contributed by atoms with Crippen LogP contribution in [0.2, 0.25) is 0 Å². The van der Waals surface area contributed by atoms with Gasteiger partial charge in [-0.3, -0.25) is 4.40 Å². The first-order valence-electron chi connectivity index (χ1n) is 6.49. The summed E-state index contributed by atoms with van der Waals surface area (Å²) in [4.78, 5) is 12.7. The normalized spacial score (nSPS) is 12.2. The van der Waals surface area contributed by atoms with Crippen molar-refractivity contribution >= 4 is 27.8 Å². The third-order valence-corrected chi connectivity index (χ3v) is 3.54. The molecule has 94 valence electrons. The van der Waals surface area contributed by atoms with Crippen molar-refractivity contribution in [1.82, 2.24) is 19.4 Å². The first kappa shape index (κ1) is 10.6. The van der Waals surface area contributed by atoms with Crippen LogP contribution in [0.5, 0.6) is 0 Å². The van der Waals surface area contributed by atoms with Crippen LogP contribution in [0.25, 0.3) is 27.8 Å². The zero-order chi connectivity index (χ0) is 13.0. The molecule has 4 aromatic rings. The van der Waals surface area contributed by atoms with E-state index in [0.717, 1.165) is 33.5 Å². The number of fused-ring (bicyclic) bond motifs is 5. The summed E-state index contributed by atoms with van der Waals surface area (Å²) in [6.45, 7) is 4.28. The van der Waals surface area contributed by atoms with E-state index < -0.39 is 0 Å². The Hall–Kier alpha value is -2.36. The van der Waals surface area contributed by atoms with Gasteiger partial charge in [-0.1, -0.05) is 32.0 Å². The smallest absolute Gasteiger partial charge is 0.236 e. The van der Waals surface area contributed by atoms with Crippen LogP contribution in [0.3, 0.4) is 0 Å². The Bertz CT molecular complexity index is 898. The Balaban J connectivity index is 2.12. The van der Waals surface area contributed by atoms with Crippen LogP contribution >= 0.6 is 0 Å². The number of aromatic nitrogens is 4. The van der Waals surface area contributed by atoms with Gasteiger partial charge in [-0.2, -0.15) is 0 Å². The molecule has 0 aliphatic heterocycles. The van der Waals surface area contributed by atoms with Gasteiger partial charge in [0, 0.05) is 22.8 Å². The summed E-state index contributed by atoms with van der Waals surface area (Å²) in [6, 6.07) is 10.3. The first-order chi connectivity index (χ1) is 9.24. The molecule has 0 amide bonds. The van der Waals surface area contributed by atoms with Gasteiger partial charge >= 0.3 is 0 Å². The van der Waals surface area contributed by atoms with E-state index in [4.69, 9.17) is 0 Å². The largest absolute Gasteiger partial charge is 0.339 e. The lowest BCUT2D eigenvalue weighted by Gasteiger charge is -2.03. The van der Waals surface area contributed by atoms with Crippen molar-refractivity contribution in [2.24, 2.45) is 0 Å². The number of nitrogens with zero attached hydrogens (tertiary/aromatic N) is 3. The highest BCUT2D eigenvalue weighted by atomic mass is 15.1. The Labute approximate surface area is 110 Å². The standard InChI is InChI=1S/C15H14N4/c1-9(2)11-7-8-19-14-13(18-15(19)17-11)10-5-3-4-6-12(10)16-14/h3-9,16H,1-2H3. The van der Waals surface area contributed by atoms with Crippen molar-refractivity contribution in [3.63, 3.8) is 0 Å². The summed E-state index contributed by atoms with van der Waals surface area (Å²) in [6.07, 6.45) is 2.04. The van der Waals surface area contributed by atoms with Gasteiger partial charge in [0.1, 0.15) is 11.2 Å². The van der Waals surface area contributed by atoms with Crippen molar-refractivity contribution in [3.8, 4) is 0 Å². The van der Waals surface area contributed by atoms with Gasteiger partial charge in [0.05, 0.1) is 0 Å². The van der Waals surface area contributed by atoms with Gasteiger partial charge in [0.15, 0.2) is 0 Å². The molecule has 19 heavy (non-hydrogen) atoms. The van der Waals surface area contributed by atoms with Crippen LogP contribution in [0, 0.1) is 0 Å². The number of imidazole rings is 1. The van der Waals surface area contributed by atoms with E-state index in [0.29, 0.717) is 5.92 Å². The summed E-state index contributed by atoms with van der Waals surface area (Å²) in [5.74, 6) is 1.18. The Kier molecular flexibility index (Phi) is 1.98. The molecule has 0 aliphatic rings. The minimum atomic E-state index is 0.414. The fourth-order valence-electron chi connectivity index (χ4n) is 2.50. The maximum Gasteiger partial charge on any atom is 0.236 e.